The maximum absolute atomic E-state index is 11.7. The van der Waals surface area contributed by atoms with Crippen LogP contribution in [0.1, 0.15) is 16.7 Å². The molecule has 0 aliphatic heterocycles. The molecule has 0 aliphatic rings. The third-order valence-corrected chi connectivity index (χ3v) is 5.33. The van der Waals surface area contributed by atoms with Gasteiger partial charge in [0.15, 0.2) is 0 Å². The Morgan fingerprint density at radius 1 is 0.781 bits per heavy atom. The second-order valence-electron chi connectivity index (χ2n) is 7.67. The van der Waals surface area contributed by atoms with Gasteiger partial charge in [-0.2, -0.15) is 0 Å². The van der Waals surface area contributed by atoms with Gasteiger partial charge in [-0.05, 0) is 35.6 Å². The van der Waals surface area contributed by atoms with E-state index in [9.17, 15) is 9.90 Å². The minimum absolute atomic E-state index is 0.305. The molecular weight excluding hydrogens is 398 g/mol. The van der Waals surface area contributed by atoms with E-state index < -0.39 is 12.0 Å². The summed E-state index contributed by atoms with van der Waals surface area (Å²) in [5.74, 6) is -0.635. The average Bonchev–Trinajstić information content (AvgIpc) is 2.84. The lowest BCUT2D eigenvalue weighted by Gasteiger charge is -2.15. The highest BCUT2D eigenvalue weighted by atomic mass is 16.4. The molecule has 0 saturated heterocycles. The molecule has 1 aromatic heterocycles. The number of hydrogen-bond acceptors (Lipinski definition) is 4. The number of hydrogen-bond donors (Lipinski definition) is 2. The molecule has 3 aromatic carbocycles. The fourth-order valence-corrected chi connectivity index (χ4v) is 3.57. The van der Waals surface area contributed by atoms with Gasteiger partial charge in [-0.15, -0.1) is 0 Å². The summed E-state index contributed by atoms with van der Waals surface area (Å²) in [6, 6.07) is 29.3. The van der Waals surface area contributed by atoms with E-state index in [4.69, 9.17) is 0 Å². The Balaban J connectivity index is 1.43. The summed E-state index contributed by atoms with van der Waals surface area (Å²) in [6.07, 6.45) is 3.97. The number of aliphatic carboxylic acids is 1. The van der Waals surface area contributed by atoms with Gasteiger partial charge in [0.25, 0.3) is 0 Å². The van der Waals surface area contributed by atoms with Crippen molar-refractivity contribution in [2.75, 3.05) is 5.32 Å². The van der Waals surface area contributed by atoms with E-state index in [0.29, 0.717) is 12.4 Å². The lowest BCUT2D eigenvalue weighted by atomic mass is 10.0. The molecule has 160 valence electrons. The summed E-state index contributed by atoms with van der Waals surface area (Å²) in [7, 11) is 0. The summed E-state index contributed by atoms with van der Waals surface area (Å²) in [4.78, 5) is 20.5. The molecular formula is C27H25N3O2. The molecule has 5 nitrogen and oxygen atoms in total. The van der Waals surface area contributed by atoms with E-state index in [1.54, 1.807) is 6.20 Å². The molecule has 0 bridgehead atoms. The minimum Gasteiger partial charge on any atom is -0.480 e. The maximum Gasteiger partial charge on any atom is 0.326 e. The summed E-state index contributed by atoms with van der Waals surface area (Å²) < 4.78 is 0. The van der Waals surface area contributed by atoms with Gasteiger partial charge >= 0.3 is 5.97 Å². The average molecular weight is 424 g/mol. The molecule has 32 heavy (non-hydrogen) atoms. The second-order valence-corrected chi connectivity index (χ2v) is 7.67. The first kappa shape index (κ1) is 21.2. The van der Waals surface area contributed by atoms with Crippen LogP contribution in [0, 0.1) is 0 Å². The van der Waals surface area contributed by atoms with Crippen molar-refractivity contribution in [2.24, 2.45) is 0 Å². The van der Waals surface area contributed by atoms with E-state index in [1.165, 1.54) is 11.1 Å². The molecule has 0 saturated carbocycles. The first-order chi connectivity index (χ1) is 15.7. The third kappa shape index (κ3) is 5.79. The zero-order valence-electron chi connectivity index (χ0n) is 17.7. The molecule has 4 aromatic rings. The van der Waals surface area contributed by atoms with Crippen LogP contribution in [0.4, 0.5) is 5.95 Å². The molecule has 0 amide bonds. The standard InChI is InChI=1S/C27H25N3O2/c31-26(32)25(19-22-9-5-2-6-10-22)30-27-28-18-17-24(29-27)23-15-13-21(14-16-23)12-11-20-7-3-1-4-8-20/h1-10,13-18,25H,11-12,19H2,(H,31,32)(H,28,29,30)/t25-/m0/s1. The lowest BCUT2D eigenvalue weighted by Crippen LogP contribution is -2.32. The molecule has 2 N–H and O–H groups in total. The predicted molar refractivity (Wildman–Crippen MR) is 127 cm³/mol. The Hall–Kier alpha value is -3.99. The molecule has 0 unspecified atom stereocenters. The van der Waals surface area contributed by atoms with Crippen molar-refractivity contribution in [3.05, 3.63) is 114 Å². The maximum atomic E-state index is 11.7. The number of nitrogens with zero attached hydrogens (tertiary/aromatic N) is 2. The molecule has 0 fully saturated rings. The first-order valence-corrected chi connectivity index (χ1v) is 10.7. The smallest absolute Gasteiger partial charge is 0.326 e. The third-order valence-electron chi connectivity index (χ3n) is 5.33. The number of anilines is 1. The van der Waals surface area contributed by atoms with Gasteiger partial charge in [0.05, 0.1) is 5.69 Å². The molecule has 1 heterocycles. The fourth-order valence-electron chi connectivity index (χ4n) is 3.57. The predicted octanol–water partition coefficient (Wildman–Crippen LogP) is 5.04. The molecule has 4 rings (SSSR count). The van der Waals surface area contributed by atoms with Crippen LogP contribution in [0.15, 0.2) is 97.2 Å². The molecule has 0 aliphatic carbocycles. The highest BCUT2D eigenvalue weighted by Crippen LogP contribution is 2.20. The Bertz CT molecular complexity index is 1150. The molecule has 0 spiro atoms. The van der Waals surface area contributed by atoms with Crippen molar-refractivity contribution in [3.8, 4) is 11.3 Å². The summed E-state index contributed by atoms with van der Waals surface area (Å²) in [5, 5.41) is 12.6. The molecule has 0 radical (unpaired) electrons. The summed E-state index contributed by atoms with van der Waals surface area (Å²) in [5.41, 5.74) is 5.25. The number of nitrogens with one attached hydrogen (secondary N) is 1. The van der Waals surface area contributed by atoms with Crippen LogP contribution in [0.3, 0.4) is 0 Å². The second kappa shape index (κ2) is 10.4. The lowest BCUT2D eigenvalue weighted by molar-refractivity contribution is -0.137. The number of aryl methyl sites for hydroxylation is 2. The minimum atomic E-state index is -0.939. The topological polar surface area (TPSA) is 75.1 Å². The van der Waals surface area contributed by atoms with Crippen LogP contribution in [0.2, 0.25) is 0 Å². The Morgan fingerprint density at radius 3 is 2.00 bits per heavy atom. The number of aromatic nitrogens is 2. The summed E-state index contributed by atoms with van der Waals surface area (Å²) in [6.45, 7) is 0. The van der Waals surface area contributed by atoms with Gasteiger partial charge in [-0.25, -0.2) is 14.8 Å². The van der Waals surface area contributed by atoms with Gasteiger partial charge in [0, 0.05) is 18.2 Å². The van der Waals surface area contributed by atoms with Crippen LogP contribution >= 0.6 is 0 Å². The van der Waals surface area contributed by atoms with Gasteiger partial charge in [-0.1, -0.05) is 84.9 Å². The number of carbonyl (C=O) groups is 1. The number of benzene rings is 3. The van der Waals surface area contributed by atoms with Crippen LogP contribution in [0.25, 0.3) is 11.3 Å². The largest absolute Gasteiger partial charge is 0.480 e. The highest BCUT2D eigenvalue weighted by molar-refractivity contribution is 5.77. The number of carboxylic acids is 1. The quantitative estimate of drug-likeness (QED) is 0.395. The van der Waals surface area contributed by atoms with E-state index in [0.717, 1.165) is 29.7 Å². The van der Waals surface area contributed by atoms with Crippen LogP contribution in [0.5, 0.6) is 0 Å². The van der Waals surface area contributed by atoms with Crippen LogP contribution in [-0.2, 0) is 24.1 Å². The zero-order valence-corrected chi connectivity index (χ0v) is 17.7. The van der Waals surface area contributed by atoms with Crippen LogP contribution < -0.4 is 5.32 Å². The monoisotopic (exact) mass is 423 g/mol. The van der Waals surface area contributed by atoms with Crippen molar-refractivity contribution in [1.29, 1.82) is 0 Å². The SMILES string of the molecule is O=C(O)[C@H](Cc1ccccc1)Nc1nccc(-c2ccc(CCc3ccccc3)cc2)n1. The normalized spacial score (nSPS) is 11.6. The van der Waals surface area contributed by atoms with Gasteiger partial charge in [0.2, 0.25) is 5.95 Å². The Kier molecular flexibility index (Phi) is 6.88. The van der Waals surface area contributed by atoms with Crippen molar-refractivity contribution >= 4 is 11.9 Å². The van der Waals surface area contributed by atoms with E-state index >= 15 is 0 Å². The molecule has 1 atom stereocenters. The van der Waals surface area contributed by atoms with E-state index in [1.807, 2.05) is 54.6 Å². The zero-order chi connectivity index (χ0) is 22.2. The number of carboxylic acid groups (broad SMARTS) is 1. The van der Waals surface area contributed by atoms with Crippen molar-refractivity contribution in [2.45, 2.75) is 25.3 Å². The number of rotatable bonds is 9. The highest BCUT2D eigenvalue weighted by Gasteiger charge is 2.19. The Labute approximate surface area is 187 Å². The van der Waals surface area contributed by atoms with Crippen molar-refractivity contribution in [1.82, 2.24) is 9.97 Å². The molecule has 5 heteroatoms. The fraction of sp³-hybridized carbons (Fsp3) is 0.148. The van der Waals surface area contributed by atoms with Gasteiger partial charge in [-0.3, -0.25) is 0 Å². The van der Waals surface area contributed by atoms with Gasteiger partial charge < -0.3 is 10.4 Å². The van der Waals surface area contributed by atoms with E-state index in [-0.39, 0.29) is 0 Å². The Morgan fingerprint density at radius 2 is 1.38 bits per heavy atom. The van der Waals surface area contributed by atoms with Gasteiger partial charge in [0.1, 0.15) is 6.04 Å². The summed E-state index contributed by atoms with van der Waals surface area (Å²) >= 11 is 0. The van der Waals surface area contributed by atoms with Crippen LogP contribution in [-0.4, -0.2) is 27.1 Å². The first-order valence-electron chi connectivity index (χ1n) is 10.7. The van der Waals surface area contributed by atoms with Crippen molar-refractivity contribution < 1.29 is 9.90 Å². The van der Waals surface area contributed by atoms with E-state index in [2.05, 4.69) is 51.7 Å². The van der Waals surface area contributed by atoms with Crippen molar-refractivity contribution in [3.63, 3.8) is 0 Å².